The third-order valence-corrected chi connectivity index (χ3v) is 3.65. The van der Waals surface area contributed by atoms with Crippen LogP contribution in [0, 0.1) is 5.82 Å². The Balaban J connectivity index is 1.78. The minimum atomic E-state index is -1.94. The zero-order valence-corrected chi connectivity index (χ0v) is 13.2. The Labute approximate surface area is 147 Å². The largest absolute Gasteiger partial charge is 0.568 e. The van der Waals surface area contributed by atoms with Crippen LogP contribution in [0.15, 0.2) is 54.6 Å². The lowest BCUT2D eigenvalue weighted by molar-refractivity contribution is -0.158. The summed E-state index contributed by atoms with van der Waals surface area (Å²) in [6, 6.07) is 13.1. The summed E-state index contributed by atoms with van der Waals surface area (Å²) in [6.07, 6.45) is -3.66. The molecule has 0 spiro atoms. The molecule has 9 heteroatoms. The van der Waals surface area contributed by atoms with Crippen molar-refractivity contribution in [1.29, 1.82) is 0 Å². The number of benzene rings is 2. The Kier molecular flexibility index (Phi) is 4.99. The Morgan fingerprint density at radius 3 is 2.42 bits per heavy atom. The molecule has 0 aromatic heterocycles. The minimum absolute atomic E-state index is 0.0677. The highest BCUT2D eigenvalue weighted by molar-refractivity contribution is 6.64. The fourth-order valence-electron chi connectivity index (χ4n) is 2.39. The molecule has 1 aliphatic heterocycles. The van der Waals surface area contributed by atoms with Gasteiger partial charge in [-0.25, -0.2) is 14.0 Å². The number of rotatable bonds is 5. The summed E-state index contributed by atoms with van der Waals surface area (Å²) in [4.78, 5) is 35.6. The van der Waals surface area contributed by atoms with Crippen molar-refractivity contribution in [1.82, 2.24) is 0 Å². The molecule has 0 amide bonds. The van der Waals surface area contributed by atoms with E-state index < -0.39 is 43.1 Å². The standard InChI is InChI=1S/C17H12BFO7/c19-12-9-5-4-8-11(12)18-25-14(17(23)26-18)13(15(20)21)24-16(22)10-6-2-1-3-7-10/h1-9,13-14H,(H,20,21). The molecule has 0 aliphatic carbocycles. The van der Waals surface area contributed by atoms with Crippen molar-refractivity contribution in [3.63, 3.8) is 0 Å². The molecule has 3 rings (SSSR count). The fourth-order valence-corrected chi connectivity index (χ4v) is 2.39. The maximum atomic E-state index is 13.8. The summed E-state index contributed by atoms with van der Waals surface area (Å²) in [5.74, 6) is -4.28. The van der Waals surface area contributed by atoms with E-state index in [0.717, 1.165) is 6.07 Å². The van der Waals surface area contributed by atoms with Crippen molar-refractivity contribution in [2.75, 3.05) is 0 Å². The maximum Gasteiger partial charge on any atom is 0.568 e. The van der Waals surface area contributed by atoms with Crippen LogP contribution in [0.25, 0.3) is 0 Å². The number of esters is 1. The number of carbonyl (C=O) groups is 3. The molecular formula is C17H12BFO7. The predicted octanol–water partition coefficient (Wildman–Crippen LogP) is 0.773. The molecule has 0 saturated carbocycles. The summed E-state index contributed by atoms with van der Waals surface area (Å²) in [5, 5.41) is 9.32. The van der Waals surface area contributed by atoms with E-state index in [1.807, 2.05) is 0 Å². The van der Waals surface area contributed by atoms with Gasteiger partial charge in [0.05, 0.1) is 5.56 Å². The van der Waals surface area contributed by atoms with Gasteiger partial charge < -0.3 is 19.2 Å². The van der Waals surface area contributed by atoms with Crippen molar-refractivity contribution in [3.8, 4) is 0 Å². The van der Waals surface area contributed by atoms with Gasteiger partial charge in [0.15, 0.2) is 6.10 Å². The highest BCUT2D eigenvalue weighted by atomic mass is 19.1. The Morgan fingerprint density at radius 2 is 1.77 bits per heavy atom. The van der Waals surface area contributed by atoms with Gasteiger partial charge in [0.2, 0.25) is 6.10 Å². The van der Waals surface area contributed by atoms with Gasteiger partial charge in [-0.15, -0.1) is 0 Å². The number of ether oxygens (including phenoxy) is 1. The van der Waals surface area contributed by atoms with E-state index in [-0.39, 0.29) is 11.0 Å². The van der Waals surface area contributed by atoms with Gasteiger partial charge in [-0.3, -0.25) is 4.79 Å². The van der Waals surface area contributed by atoms with Crippen molar-refractivity contribution >= 4 is 30.5 Å². The second-order valence-electron chi connectivity index (χ2n) is 5.38. The Morgan fingerprint density at radius 1 is 1.12 bits per heavy atom. The molecule has 1 fully saturated rings. The van der Waals surface area contributed by atoms with Crippen LogP contribution in [0.3, 0.4) is 0 Å². The van der Waals surface area contributed by atoms with Gasteiger partial charge in [-0.2, -0.15) is 0 Å². The number of hydrogen-bond acceptors (Lipinski definition) is 6. The topological polar surface area (TPSA) is 99.1 Å². The summed E-state index contributed by atoms with van der Waals surface area (Å²) < 4.78 is 28.9. The molecule has 1 N–H and O–H groups in total. The normalized spacial score (nSPS) is 17.5. The number of aliphatic carboxylic acids is 1. The first-order valence-electron chi connectivity index (χ1n) is 7.56. The number of carbonyl (C=O) groups excluding carboxylic acids is 2. The highest BCUT2D eigenvalue weighted by Crippen LogP contribution is 2.19. The van der Waals surface area contributed by atoms with Gasteiger partial charge in [0.1, 0.15) is 5.82 Å². The summed E-state index contributed by atoms with van der Waals surface area (Å²) in [6.45, 7) is 0. The molecule has 2 unspecified atom stereocenters. The maximum absolute atomic E-state index is 13.8. The lowest BCUT2D eigenvalue weighted by atomic mass is 9.79. The third-order valence-electron chi connectivity index (χ3n) is 3.65. The van der Waals surface area contributed by atoms with E-state index in [1.165, 1.54) is 30.3 Å². The van der Waals surface area contributed by atoms with Crippen LogP contribution >= 0.6 is 0 Å². The minimum Gasteiger partial charge on any atom is -0.504 e. The van der Waals surface area contributed by atoms with E-state index in [0.29, 0.717) is 0 Å². The van der Waals surface area contributed by atoms with Gasteiger partial charge in [0, 0.05) is 5.46 Å². The summed E-state index contributed by atoms with van der Waals surface area (Å²) >= 11 is 0. The van der Waals surface area contributed by atoms with Crippen LogP contribution in [0.2, 0.25) is 0 Å². The van der Waals surface area contributed by atoms with Gasteiger partial charge in [-0.05, 0) is 18.2 Å². The van der Waals surface area contributed by atoms with Gasteiger partial charge >= 0.3 is 25.0 Å². The molecule has 1 saturated heterocycles. The zero-order valence-electron chi connectivity index (χ0n) is 13.2. The Bertz CT molecular complexity index is 842. The highest BCUT2D eigenvalue weighted by Gasteiger charge is 2.50. The van der Waals surface area contributed by atoms with Crippen LogP contribution in [-0.4, -0.2) is 42.3 Å². The van der Waals surface area contributed by atoms with Crippen LogP contribution in [0.4, 0.5) is 4.39 Å². The first kappa shape index (κ1) is 17.6. The van der Waals surface area contributed by atoms with Gasteiger partial charge in [0.25, 0.3) is 0 Å². The average Bonchev–Trinajstić information content (AvgIpc) is 3.01. The van der Waals surface area contributed by atoms with Crippen molar-refractivity contribution in [2.24, 2.45) is 0 Å². The van der Waals surface area contributed by atoms with Crippen LogP contribution in [0.1, 0.15) is 10.4 Å². The van der Waals surface area contributed by atoms with Crippen molar-refractivity contribution in [3.05, 3.63) is 66.0 Å². The average molecular weight is 358 g/mol. The van der Waals surface area contributed by atoms with Gasteiger partial charge in [-0.1, -0.05) is 36.4 Å². The van der Waals surface area contributed by atoms with E-state index in [1.54, 1.807) is 18.2 Å². The molecular weight excluding hydrogens is 346 g/mol. The van der Waals surface area contributed by atoms with E-state index in [4.69, 9.17) is 14.0 Å². The SMILES string of the molecule is O=C(OC(C(=O)O)C1OB(c2ccccc2F)OC1=O)c1ccccc1. The molecule has 7 nitrogen and oxygen atoms in total. The second-order valence-corrected chi connectivity index (χ2v) is 5.38. The smallest absolute Gasteiger partial charge is 0.504 e. The van der Waals surface area contributed by atoms with Crippen LogP contribution < -0.4 is 5.46 Å². The summed E-state index contributed by atoms with van der Waals surface area (Å²) in [7, 11) is -1.43. The molecule has 2 atom stereocenters. The molecule has 26 heavy (non-hydrogen) atoms. The number of hydrogen-bond donors (Lipinski definition) is 1. The van der Waals surface area contributed by atoms with Crippen LogP contribution in [-0.2, 0) is 23.6 Å². The van der Waals surface area contributed by atoms with E-state index in [9.17, 15) is 23.9 Å². The lowest BCUT2D eigenvalue weighted by Crippen LogP contribution is -2.43. The monoisotopic (exact) mass is 358 g/mol. The molecule has 0 bridgehead atoms. The lowest BCUT2D eigenvalue weighted by Gasteiger charge is -2.17. The first-order valence-corrected chi connectivity index (χ1v) is 7.56. The molecule has 2 aromatic rings. The quantitative estimate of drug-likeness (QED) is 0.623. The van der Waals surface area contributed by atoms with Crippen LogP contribution in [0.5, 0.6) is 0 Å². The molecule has 132 valence electrons. The van der Waals surface area contributed by atoms with E-state index >= 15 is 0 Å². The number of halogens is 1. The molecule has 2 aromatic carbocycles. The van der Waals surface area contributed by atoms with E-state index in [2.05, 4.69) is 0 Å². The summed E-state index contributed by atoms with van der Waals surface area (Å²) in [5.41, 5.74) is 0.0395. The first-order chi connectivity index (χ1) is 12.5. The molecule has 1 heterocycles. The second kappa shape index (κ2) is 7.36. The molecule has 1 aliphatic rings. The van der Waals surface area contributed by atoms with Crippen molar-refractivity contribution in [2.45, 2.75) is 12.2 Å². The number of carboxylic acid groups (broad SMARTS) is 1. The zero-order chi connectivity index (χ0) is 18.7. The number of carboxylic acids is 1. The van der Waals surface area contributed by atoms with Crippen molar-refractivity contribution < 1.29 is 37.9 Å². The predicted molar refractivity (Wildman–Crippen MR) is 86.0 cm³/mol. The Hall–Kier alpha value is -3.20. The third kappa shape index (κ3) is 3.57. The fraction of sp³-hybridized carbons (Fsp3) is 0.118. The molecule has 0 radical (unpaired) electrons.